The van der Waals surface area contributed by atoms with E-state index in [1.54, 1.807) is 0 Å². The van der Waals surface area contributed by atoms with E-state index in [1.807, 2.05) is 0 Å². The Morgan fingerprint density at radius 1 is 1.19 bits per heavy atom. The van der Waals surface area contributed by atoms with Crippen LogP contribution in [0.25, 0.3) is 0 Å². The van der Waals surface area contributed by atoms with E-state index in [-0.39, 0.29) is 0 Å². The lowest BCUT2D eigenvalue weighted by atomic mass is 9.84. The van der Waals surface area contributed by atoms with Gasteiger partial charge >= 0.3 is 0 Å². The highest BCUT2D eigenvalue weighted by molar-refractivity contribution is 8.09. The predicted molar refractivity (Wildman–Crippen MR) is 83.5 cm³/mol. The van der Waals surface area contributed by atoms with Crippen molar-refractivity contribution in [3.63, 3.8) is 0 Å². The zero-order valence-electron chi connectivity index (χ0n) is 9.56. The van der Waals surface area contributed by atoms with Gasteiger partial charge in [-0.25, -0.2) is 0 Å². The third-order valence-corrected chi connectivity index (χ3v) is 9.29. The van der Waals surface area contributed by atoms with Gasteiger partial charge in [0.1, 0.15) is 0 Å². The molecule has 2 unspecified atom stereocenters. The van der Waals surface area contributed by atoms with Gasteiger partial charge in [0.2, 0.25) is 0 Å². The number of thioether (sulfide) groups is 3. The Balaban J connectivity index is 1.61. The SMILES string of the molecule is SC1CCC(SCC2CS2)(C2CCS2)CC1. The van der Waals surface area contributed by atoms with Gasteiger partial charge in [0, 0.05) is 32.0 Å². The van der Waals surface area contributed by atoms with Gasteiger partial charge in [0.05, 0.1) is 0 Å². The quantitative estimate of drug-likeness (QED) is 0.616. The van der Waals surface area contributed by atoms with E-state index in [0.29, 0.717) is 10.00 Å². The lowest BCUT2D eigenvalue weighted by Crippen LogP contribution is -2.45. The highest BCUT2D eigenvalue weighted by atomic mass is 32.2. The molecule has 3 fully saturated rings. The van der Waals surface area contributed by atoms with Gasteiger partial charge in [-0.05, 0) is 37.9 Å². The molecule has 2 saturated heterocycles. The summed E-state index contributed by atoms with van der Waals surface area (Å²) in [5.74, 6) is 4.25. The summed E-state index contributed by atoms with van der Waals surface area (Å²) < 4.78 is 0.644. The average Bonchev–Trinajstić information content (AvgIpc) is 3.00. The Labute approximate surface area is 117 Å². The summed E-state index contributed by atoms with van der Waals surface area (Å²) in [6.07, 6.45) is 7.05. The largest absolute Gasteiger partial charge is 0.176 e. The van der Waals surface area contributed by atoms with Crippen molar-refractivity contribution in [1.29, 1.82) is 0 Å². The van der Waals surface area contributed by atoms with Crippen LogP contribution < -0.4 is 0 Å². The lowest BCUT2D eigenvalue weighted by Gasteiger charge is -2.48. The van der Waals surface area contributed by atoms with Crippen LogP contribution in [0.2, 0.25) is 0 Å². The second-order valence-corrected chi connectivity index (χ2v) is 10.0. The van der Waals surface area contributed by atoms with Crippen LogP contribution in [0.15, 0.2) is 0 Å². The van der Waals surface area contributed by atoms with Crippen LogP contribution in [0.1, 0.15) is 32.1 Å². The molecule has 3 aliphatic rings. The van der Waals surface area contributed by atoms with Crippen LogP contribution in [-0.2, 0) is 0 Å². The minimum atomic E-state index is 0.644. The van der Waals surface area contributed by atoms with Crippen molar-refractivity contribution in [2.24, 2.45) is 0 Å². The maximum absolute atomic E-state index is 4.66. The van der Waals surface area contributed by atoms with Crippen molar-refractivity contribution in [2.45, 2.75) is 52.6 Å². The molecule has 92 valence electrons. The van der Waals surface area contributed by atoms with Gasteiger partial charge in [-0.1, -0.05) is 0 Å². The molecule has 0 aromatic carbocycles. The highest BCUT2D eigenvalue weighted by Crippen LogP contribution is 2.53. The molecule has 2 atom stereocenters. The van der Waals surface area contributed by atoms with Gasteiger partial charge in [0.15, 0.2) is 0 Å². The molecule has 2 heterocycles. The number of thiol groups is 1. The van der Waals surface area contributed by atoms with Gasteiger partial charge < -0.3 is 0 Å². The molecule has 1 saturated carbocycles. The van der Waals surface area contributed by atoms with Crippen molar-refractivity contribution >= 4 is 47.9 Å². The maximum Gasteiger partial charge on any atom is 0.0280 e. The van der Waals surface area contributed by atoms with Crippen molar-refractivity contribution in [2.75, 3.05) is 17.3 Å². The van der Waals surface area contributed by atoms with E-state index >= 15 is 0 Å². The molecule has 3 rings (SSSR count). The molecule has 0 radical (unpaired) electrons. The molecule has 0 N–H and O–H groups in total. The highest BCUT2D eigenvalue weighted by Gasteiger charge is 2.45. The van der Waals surface area contributed by atoms with Crippen LogP contribution in [0.4, 0.5) is 0 Å². The maximum atomic E-state index is 4.66. The molecule has 1 aliphatic carbocycles. The summed E-state index contributed by atoms with van der Waals surface area (Å²) in [7, 11) is 0. The van der Waals surface area contributed by atoms with Gasteiger partial charge in [0.25, 0.3) is 0 Å². The normalized spacial score (nSPS) is 47.4. The van der Waals surface area contributed by atoms with Crippen LogP contribution in [-0.4, -0.2) is 37.8 Å². The lowest BCUT2D eigenvalue weighted by molar-refractivity contribution is 0.384. The Morgan fingerprint density at radius 3 is 2.38 bits per heavy atom. The molecule has 16 heavy (non-hydrogen) atoms. The van der Waals surface area contributed by atoms with Crippen LogP contribution in [0.5, 0.6) is 0 Å². The monoisotopic (exact) mass is 292 g/mol. The molecular weight excluding hydrogens is 272 g/mol. The minimum absolute atomic E-state index is 0.644. The number of rotatable bonds is 4. The summed E-state index contributed by atoms with van der Waals surface area (Å²) in [6, 6.07) is 0. The van der Waals surface area contributed by atoms with Crippen molar-refractivity contribution in [3.8, 4) is 0 Å². The van der Waals surface area contributed by atoms with E-state index in [4.69, 9.17) is 0 Å². The Bertz CT molecular complexity index is 239. The summed E-state index contributed by atoms with van der Waals surface area (Å²) in [6.45, 7) is 0. The first-order chi connectivity index (χ1) is 7.78. The topological polar surface area (TPSA) is 0 Å². The first-order valence-electron chi connectivity index (χ1n) is 6.34. The van der Waals surface area contributed by atoms with E-state index in [9.17, 15) is 0 Å². The van der Waals surface area contributed by atoms with Crippen molar-refractivity contribution in [3.05, 3.63) is 0 Å². The summed E-state index contributed by atoms with van der Waals surface area (Å²) in [5.41, 5.74) is 0. The number of hydrogen-bond donors (Lipinski definition) is 1. The van der Waals surface area contributed by atoms with E-state index in [2.05, 4.69) is 47.9 Å². The fraction of sp³-hybridized carbons (Fsp3) is 1.00. The van der Waals surface area contributed by atoms with Crippen LogP contribution >= 0.6 is 47.9 Å². The standard InChI is InChI=1S/C12H20S4/c13-9-1-4-12(5-2-9,11-3-6-14-11)16-8-10-7-15-10/h9-11,13H,1-8H2. The molecule has 0 spiro atoms. The molecule has 0 aromatic heterocycles. The summed E-state index contributed by atoms with van der Waals surface area (Å²) in [5, 5.41) is 2.66. The van der Waals surface area contributed by atoms with E-state index in [1.165, 1.54) is 49.4 Å². The molecule has 0 aromatic rings. The molecule has 0 nitrogen and oxygen atoms in total. The van der Waals surface area contributed by atoms with Crippen LogP contribution in [0.3, 0.4) is 0 Å². The fourth-order valence-corrected chi connectivity index (χ4v) is 6.86. The van der Waals surface area contributed by atoms with Gasteiger partial charge in [-0.2, -0.15) is 47.9 Å². The van der Waals surface area contributed by atoms with Gasteiger partial charge in [-0.15, -0.1) is 0 Å². The molecule has 2 aliphatic heterocycles. The second-order valence-electron chi connectivity index (χ2n) is 5.21. The van der Waals surface area contributed by atoms with Crippen molar-refractivity contribution in [1.82, 2.24) is 0 Å². The summed E-state index contributed by atoms with van der Waals surface area (Å²) >= 11 is 11.4. The van der Waals surface area contributed by atoms with E-state index in [0.717, 1.165) is 10.5 Å². The molecule has 0 bridgehead atoms. The Morgan fingerprint density at radius 2 is 1.88 bits per heavy atom. The van der Waals surface area contributed by atoms with Crippen LogP contribution in [0, 0.1) is 0 Å². The Hall–Kier alpha value is 1.40. The zero-order valence-corrected chi connectivity index (χ0v) is 12.9. The first-order valence-corrected chi connectivity index (χ1v) is 9.94. The molecule has 0 amide bonds. The minimum Gasteiger partial charge on any atom is -0.176 e. The van der Waals surface area contributed by atoms with Crippen molar-refractivity contribution < 1.29 is 0 Å². The molecular formula is C12H20S4. The molecule has 4 heteroatoms. The third kappa shape index (κ3) is 2.70. The fourth-order valence-electron chi connectivity index (χ4n) is 2.72. The third-order valence-electron chi connectivity index (χ3n) is 4.05. The first kappa shape index (κ1) is 12.4. The average molecular weight is 293 g/mol. The van der Waals surface area contributed by atoms with Gasteiger partial charge in [-0.3, -0.25) is 0 Å². The zero-order chi connectivity index (χ0) is 11.0. The van der Waals surface area contributed by atoms with E-state index < -0.39 is 0 Å². The summed E-state index contributed by atoms with van der Waals surface area (Å²) in [4.78, 5) is 0. The Kier molecular flexibility index (Phi) is 4.03. The smallest absolute Gasteiger partial charge is 0.0280 e. The second kappa shape index (κ2) is 5.18. The number of hydrogen-bond acceptors (Lipinski definition) is 4. The predicted octanol–water partition coefficient (Wildman–Crippen LogP) is 3.95.